The third kappa shape index (κ3) is 2.85. The molecule has 2 unspecified atom stereocenters. The first-order chi connectivity index (χ1) is 7.40. The molecule has 0 aliphatic heterocycles. The van der Waals surface area contributed by atoms with Gasteiger partial charge in [-0.15, -0.1) is 0 Å². The molecule has 1 fully saturated rings. The minimum Gasteiger partial charge on any atom is -0.364 e. The minimum absolute atomic E-state index is 0.743. The van der Waals surface area contributed by atoms with Crippen LogP contribution in [0.1, 0.15) is 44.7 Å². The molecule has 1 aromatic rings. The lowest BCUT2D eigenvalue weighted by Crippen LogP contribution is -2.37. The number of H-pyrrole nitrogens is 1. The Morgan fingerprint density at radius 3 is 3.00 bits per heavy atom. The Hall–Kier alpha value is -0.760. The molecule has 2 atom stereocenters. The van der Waals surface area contributed by atoms with E-state index in [1.54, 1.807) is 0 Å². The van der Waals surface area contributed by atoms with E-state index < -0.39 is 0 Å². The fourth-order valence-corrected chi connectivity index (χ4v) is 2.68. The van der Waals surface area contributed by atoms with Gasteiger partial charge in [0.2, 0.25) is 0 Å². The highest BCUT2D eigenvalue weighted by Gasteiger charge is 2.22. The Morgan fingerprint density at radius 1 is 1.40 bits per heavy atom. The van der Waals surface area contributed by atoms with Crippen molar-refractivity contribution in [2.45, 2.75) is 51.6 Å². The summed E-state index contributed by atoms with van der Waals surface area (Å²) in [6.45, 7) is 3.31. The molecule has 2 heteroatoms. The lowest BCUT2D eigenvalue weighted by atomic mass is 9.83. The van der Waals surface area contributed by atoms with Gasteiger partial charge in [-0.25, -0.2) is 0 Å². The zero-order chi connectivity index (χ0) is 10.5. The van der Waals surface area contributed by atoms with Crippen LogP contribution in [0.4, 0.5) is 0 Å². The lowest BCUT2D eigenvalue weighted by molar-refractivity contribution is 0.254. The van der Waals surface area contributed by atoms with Gasteiger partial charge in [-0.05, 0) is 30.9 Å². The summed E-state index contributed by atoms with van der Waals surface area (Å²) < 4.78 is 0. The van der Waals surface area contributed by atoms with Gasteiger partial charge < -0.3 is 10.3 Å². The molecular weight excluding hydrogens is 184 g/mol. The van der Waals surface area contributed by atoms with Gasteiger partial charge in [0.1, 0.15) is 0 Å². The van der Waals surface area contributed by atoms with Crippen molar-refractivity contribution in [1.29, 1.82) is 0 Å². The molecule has 1 saturated carbocycles. The van der Waals surface area contributed by atoms with Crippen LogP contribution >= 0.6 is 0 Å². The summed E-state index contributed by atoms with van der Waals surface area (Å²) in [5.74, 6) is 0.897. The Balaban J connectivity index is 1.81. The molecule has 0 aromatic carbocycles. The van der Waals surface area contributed by atoms with E-state index in [9.17, 15) is 0 Å². The number of aromatic amines is 1. The number of aromatic nitrogens is 1. The molecule has 15 heavy (non-hydrogen) atoms. The summed E-state index contributed by atoms with van der Waals surface area (Å²) in [7, 11) is 0. The summed E-state index contributed by atoms with van der Waals surface area (Å²) in [6, 6.07) is 4.96. The highest BCUT2D eigenvalue weighted by atomic mass is 14.9. The lowest BCUT2D eigenvalue weighted by Gasteiger charge is -2.31. The van der Waals surface area contributed by atoms with E-state index in [1.165, 1.54) is 37.8 Å². The Bertz CT molecular complexity index is 266. The summed E-state index contributed by atoms with van der Waals surface area (Å²) in [4.78, 5) is 3.25. The van der Waals surface area contributed by atoms with Crippen LogP contribution in [0.2, 0.25) is 0 Å². The molecule has 2 N–H and O–H groups in total. The molecule has 0 saturated heterocycles. The van der Waals surface area contributed by atoms with E-state index in [-0.39, 0.29) is 0 Å². The van der Waals surface area contributed by atoms with Crippen LogP contribution in [0.5, 0.6) is 0 Å². The highest BCUT2D eigenvalue weighted by Crippen LogP contribution is 2.26. The third-order valence-electron chi connectivity index (χ3n) is 3.65. The molecular formula is C13H22N2. The first kappa shape index (κ1) is 10.7. The predicted octanol–water partition coefficient (Wildman–Crippen LogP) is 3.07. The summed E-state index contributed by atoms with van der Waals surface area (Å²) in [5, 5.41) is 3.69. The minimum atomic E-state index is 0.743. The fourth-order valence-electron chi connectivity index (χ4n) is 2.68. The van der Waals surface area contributed by atoms with E-state index in [4.69, 9.17) is 0 Å². The SMILES string of the molecule is CCC1CCCCC1NCc1ccc[nH]1. The smallest absolute Gasteiger partial charge is 0.0359 e. The van der Waals surface area contributed by atoms with Gasteiger partial charge in [-0.1, -0.05) is 26.2 Å². The van der Waals surface area contributed by atoms with Crippen LogP contribution < -0.4 is 5.32 Å². The Morgan fingerprint density at radius 2 is 2.27 bits per heavy atom. The molecule has 1 aliphatic carbocycles. The van der Waals surface area contributed by atoms with Crippen molar-refractivity contribution in [1.82, 2.24) is 10.3 Å². The number of hydrogen-bond donors (Lipinski definition) is 2. The second kappa shape index (κ2) is 5.36. The van der Waals surface area contributed by atoms with Crippen LogP contribution in [0.3, 0.4) is 0 Å². The third-order valence-corrected chi connectivity index (χ3v) is 3.65. The average Bonchev–Trinajstić information content (AvgIpc) is 2.79. The molecule has 0 spiro atoms. The zero-order valence-corrected chi connectivity index (χ0v) is 9.63. The molecule has 1 aliphatic rings. The van der Waals surface area contributed by atoms with Gasteiger partial charge in [-0.2, -0.15) is 0 Å². The standard InChI is InChI=1S/C13H22N2/c1-2-11-6-3-4-8-13(11)15-10-12-7-5-9-14-12/h5,7,9,11,13-15H,2-4,6,8,10H2,1H3. The van der Waals surface area contributed by atoms with Crippen molar-refractivity contribution in [2.24, 2.45) is 5.92 Å². The maximum Gasteiger partial charge on any atom is 0.0359 e. The normalized spacial score (nSPS) is 26.7. The molecule has 0 amide bonds. The van der Waals surface area contributed by atoms with E-state index in [0.29, 0.717) is 0 Å². The second-order valence-corrected chi connectivity index (χ2v) is 4.64. The van der Waals surface area contributed by atoms with Crippen molar-refractivity contribution in [2.75, 3.05) is 0 Å². The van der Waals surface area contributed by atoms with E-state index in [1.807, 2.05) is 6.20 Å². The van der Waals surface area contributed by atoms with Gasteiger partial charge in [0.25, 0.3) is 0 Å². The number of rotatable bonds is 4. The second-order valence-electron chi connectivity index (χ2n) is 4.64. The molecule has 1 heterocycles. The van der Waals surface area contributed by atoms with E-state index in [0.717, 1.165) is 18.5 Å². The van der Waals surface area contributed by atoms with Crippen molar-refractivity contribution in [3.63, 3.8) is 0 Å². The van der Waals surface area contributed by atoms with Gasteiger partial charge in [0.05, 0.1) is 0 Å². The average molecular weight is 206 g/mol. The molecule has 2 rings (SSSR count). The highest BCUT2D eigenvalue weighted by molar-refractivity contribution is 5.03. The van der Waals surface area contributed by atoms with Gasteiger partial charge in [-0.3, -0.25) is 0 Å². The molecule has 0 radical (unpaired) electrons. The van der Waals surface area contributed by atoms with Gasteiger partial charge >= 0.3 is 0 Å². The van der Waals surface area contributed by atoms with Gasteiger partial charge in [0, 0.05) is 24.5 Å². The Kier molecular flexibility index (Phi) is 3.84. The van der Waals surface area contributed by atoms with Crippen molar-refractivity contribution in [3.8, 4) is 0 Å². The largest absolute Gasteiger partial charge is 0.364 e. The van der Waals surface area contributed by atoms with Crippen molar-refractivity contribution >= 4 is 0 Å². The van der Waals surface area contributed by atoms with Crippen molar-refractivity contribution < 1.29 is 0 Å². The Labute approximate surface area is 92.5 Å². The first-order valence-corrected chi connectivity index (χ1v) is 6.25. The summed E-state index contributed by atoms with van der Waals surface area (Å²) in [6.07, 6.45) is 8.92. The first-order valence-electron chi connectivity index (χ1n) is 6.25. The summed E-state index contributed by atoms with van der Waals surface area (Å²) in [5.41, 5.74) is 1.30. The number of hydrogen-bond acceptors (Lipinski definition) is 1. The summed E-state index contributed by atoms with van der Waals surface area (Å²) >= 11 is 0. The fraction of sp³-hybridized carbons (Fsp3) is 0.692. The number of nitrogens with one attached hydrogen (secondary N) is 2. The predicted molar refractivity (Wildman–Crippen MR) is 63.7 cm³/mol. The van der Waals surface area contributed by atoms with Crippen LogP contribution in [0, 0.1) is 5.92 Å². The van der Waals surface area contributed by atoms with Crippen molar-refractivity contribution in [3.05, 3.63) is 24.0 Å². The van der Waals surface area contributed by atoms with Crippen LogP contribution in [0.15, 0.2) is 18.3 Å². The van der Waals surface area contributed by atoms with Crippen LogP contribution in [-0.4, -0.2) is 11.0 Å². The van der Waals surface area contributed by atoms with Crippen LogP contribution in [0.25, 0.3) is 0 Å². The molecule has 0 bridgehead atoms. The van der Waals surface area contributed by atoms with Crippen LogP contribution in [-0.2, 0) is 6.54 Å². The molecule has 84 valence electrons. The molecule has 2 nitrogen and oxygen atoms in total. The zero-order valence-electron chi connectivity index (χ0n) is 9.63. The quantitative estimate of drug-likeness (QED) is 0.778. The topological polar surface area (TPSA) is 27.8 Å². The monoisotopic (exact) mass is 206 g/mol. The van der Waals surface area contributed by atoms with E-state index >= 15 is 0 Å². The van der Waals surface area contributed by atoms with E-state index in [2.05, 4.69) is 29.4 Å². The maximum atomic E-state index is 3.69. The maximum absolute atomic E-state index is 3.69. The molecule has 1 aromatic heterocycles. The van der Waals surface area contributed by atoms with Gasteiger partial charge in [0.15, 0.2) is 0 Å².